The molecule has 1 aromatic carbocycles. The van der Waals surface area contributed by atoms with E-state index in [9.17, 15) is 9.18 Å². The maximum absolute atomic E-state index is 13.3. The lowest BCUT2D eigenvalue weighted by molar-refractivity contribution is -0.128. The Kier molecular flexibility index (Phi) is 3.88. The number of hydrogen-bond acceptors (Lipinski definition) is 2. The third kappa shape index (κ3) is 3.01. The van der Waals surface area contributed by atoms with Crippen LogP contribution in [0.2, 0.25) is 0 Å². The van der Waals surface area contributed by atoms with Gasteiger partial charge in [-0.2, -0.15) is 0 Å². The Labute approximate surface area is 136 Å². The van der Waals surface area contributed by atoms with Crippen LogP contribution in [-0.2, 0) is 4.79 Å². The SMILES string of the molecule is NC1C2CCCC1CC(C(=O)NC1CC1c1cccc(F)c1)C2. The maximum Gasteiger partial charge on any atom is 0.223 e. The number of amides is 1. The van der Waals surface area contributed by atoms with Crippen LogP contribution in [0.5, 0.6) is 0 Å². The van der Waals surface area contributed by atoms with Crippen LogP contribution >= 0.6 is 0 Å². The van der Waals surface area contributed by atoms with Gasteiger partial charge in [0, 0.05) is 23.9 Å². The van der Waals surface area contributed by atoms with Gasteiger partial charge in [-0.1, -0.05) is 18.6 Å². The van der Waals surface area contributed by atoms with E-state index >= 15 is 0 Å². The predicted octanol–water partition coefficient (Wildman–Crippen LogP) is 2.95. The number of carbonyl (C=O) groups is 1. The van der Waals surface area contributed by atoms with E-state index in [0.29, 0.717) is 17.9 Å². The molecule has 3 N–H and O–H groups in total. The number of benzene rings is 1. The highest BCUT2D eigenvalue weighted by Gasteiger charge is 2.44. The van der Waals surface area contributed by atoms with E-state index in [1.54, 1.807) is 12.1 Å². The molecule has 0 aliphatic heterocycles. The molecule has 3 saturated carbocycles. The minimum Gasteiger partial charge on any atom is -0.352 e. The molecule has 124 valence electrons. The molecule has 4 atom stereocenters. The Hall–Kier alpha value is -1.42. The second-order valence-electron chi connectivity index (χ2n) is 7.71. The molecular weight excluding hydrogens is 291 g/mol. The summed E-state index contributed by atoms with van der Waals surface area (Å²) in [6, 6.07) is 7.22. The first-order valence-electron chi connectivity index (χ1n) is 8.93. The van der Waals surface area contributed by atoms with Crippen LogP contribution in [0.1, 0.15) is 50.0 Å². The second kappa shape index (κ2) is 5.90. The quantitative estimate of drug-likeness (QED) is 0.901. The van der Waals surface area contributed by atoms with Crippen molar-refractivity contribution in [3.63, 3.8) is 0 Å². The summed E-state index contributed by atoms with van der Waals surface area (Å²) in [6.45, 7) is 0. The van der Waals surface area contributed by atoms with E-state index in [4.69, 9.17) is 5.73 Å². The molecule has 3 nitrogen and oxygen atoms in total. The lowest BCUT2D eigenvalue weighted by atomic mass is 9.65. The Morgan fingerprint density at radius 2 is 1.91 bits per heavy atom. The molecule has 0 radical (unpaired) electrons. The standard InChI is InChI=1S/C19H25FN2O/c20-15-6-2-3-11(9-15)16-10-17(16)22-19(23)14-7-12-4-1-5-13(8-14)18(12)21/h2-3,6,9,12-14,16-18H,1,4-5,7-8,10,21H2,(H,22,23). The predicted molar refractivity (Wildman–Crippen MR) is 87.2 cm³/mol. The van der Waals surface area contributed by atoms with Crippen LogP contribution in [-0.4, -0.2) is 18.0 Å². The molecule has 0 saturated heterocycles. The zero-order chi connectivity index (χ0) is 16.0. The van der Waals surface area contributed by atoms with Crippen LogP contribution in [0.3, 0.4) is 0 Å². The zero-order valence-electron chi connectivity index (χ0n) is 13.4. The van der Waals surface area contributed by atoms with E-state index in [0.717, 1.165) is 24.8 Å². The fraction of sp³-hybridized carbons (Fsp3) is 0.632. The number of halogens is 1. The number of nitrogens with one attached hydrogen (secondary N) is 1. The van der Waals surface area contributed by atoms with Gasteiger partial charge >= 0.3 is 0 Å². The fourth-order valence-electron chi connectivity index (χ4n) is 4.76. The van der Waals surface area contributed by atoms with Gasteiger partial charge in [0.25, 0.3) is 0 Å². The van der Waals surface area contributed by atoms with Crippen LogP contribution in [0, 0.1) is 23.6 Å². The van der Waals surface area contributed by atoms with Crippen molar-refractivity contribution in [3.05, 3.63) is 35.6 Å². The summed E-state index contributed by atoms with van der Waals surface area (Å²) >= 11 is 0. The highest BCUT2D eigenvalue weighted by Crippen LogP contribution is 2.44. The van der Waals surface area contributed by atoms with E-state index in [-0.39, 0.29) is 29.6 Å². The Morgan fingerprint density at radius 1 is 1.17 bits per heavy atom. The fourth-order valence-corrected chi connectivity index (χ4v) is 4.76. The molecule has 4 unspecified atom stereocenters. The highest BCUT2D eigenvalue weighted by atomic mass is 19.1. The van der Waals surface area contributed by atoms with Gasteiger partial charge in [0.1, 0.15) is 5.82 Å². The summed E-state index contributed by atoms with van der Waals surface area (Å²) in [4.78, 5) is 12.6. The van der Waals surface area contributed by atoms with Crippen LogP contribution < -0.4 is 11.1 Å². The van der Waals surface area contributed by atoms with Gasteiger partial charge in [-0.15, -0.1) is 0 Å². The van der Waals surface area contributed by atoms with Crippen molar-refractivity contribution in [2.24, 2.45) is 23.5 Å². The van der Waals surface area contributed by atoms with Gasteiger partial charge in [-0.25, -0.2) is 4.39 Å². The summed E-state index contributed by atoms with van der Waals surface area (Å²) in [5.41, 5.74) is 7.30. The van der Waals surface area contributed by atoms with Crippen LogP contribution in [0.25, 0.3) is 0 Å². The Morgan fingerprint density at radius 3 is 2.61 bits per heavy atom. The van der Waals surface area contributed by atoms with Gasteiger partial charge in [-0.3, -0.25) is 4.79 Å². The van der Waals surface area contributed by atoms with Crippen molar-refractivity contribution in [2.75, 3.05) is 0 Å². The molecule has 3 aliphatic rings. The number of rotatable bonds is 3. The molecule has 4 heteroatoms. The summed E-state index contributed by atoms with van der Waals surface area (Å²) in [6.07, 6.45) is 6.44. The van der Waals surface area contributed by atoms with E-state index in [1.165, 1.54) is 25.3 Å². The van der Waals surface area contributed by atoms with Gasteiger partial charge in [0.05, 0.1) is 0 Å². The topological polar surface area (TPSA) is 55.1 Å². The lowest BCUT2D eigenvalue weighted by Gasteiger charge is -2.43. The smallest absolute Gasteiger partial charge is 0.223 e. The molecule has 3 fully saturated rings. The second-order valence-corrected chi connectivity index (χ2v) is 7.71. The van der Waals surface area contributed by atoms with Crippen LogP contribution in [0.15, 0.2) is 24.3 Å². The average molecular weight is 316 g/mol. The Balaban J connectivity index is 1.35. The summed E-state index contributed by atoms with van der Waals surface area (Å²) in [5.74, 6) is 1.44. The van der Waals surface area contributed by atoms with Gasteiger partial charge in [0.15, 0.2) is 0 Å². The molecule has 3 aliphatic carbocycles. The van der Waals surface area contributed by atoms with Gasteiger partial charge in [-0.05, 0) is 61.6 Å². The van der Waals surface area contributed by atoms with E-state index in [1.807, 2.05) is 6.07 Å². The number of fused-ring (bicyclic) bond motifs is 2. The minimum atomic E-state index is -0.200. The molecule has 1 amide bonds. The number of hydrogen-bond donors (Lipinski definition) is 2. The molecular formula is C19H25FN2O. The van der Waals surface area contributed by atoms with Gasteiger partial charge < -0.3 is 11.1 Å². The van der Waals surface area contributed by atoms with Gasteiger partial charge in [0.2, 0.25) is 5.91 Å². The van der Waals surface area contributed by atoms with Crippen molar-refractivity contribution in [1.82, 2.24) is 5.32 Å². The maximum atomic E-state index is 13.3. The molecule has 2 bridgehead atoms. The normalized spacial score (nSPS) is 38.9. The number of carbonyl (C=O) groups excluding carboxylic acids is 1. The first-order chi connectivity index (χ1) is 11.1. The molecule has 0 aromatic heterocycles. The minimum absolute atomic E-state index is 0.124. The largest absolute Gasteiger partial charge is 0.352 e. The highest BCUT2D eigenvalue weighted by molar-refractivity contribution is 5.79. The molecule has 4 rings (SSSR count). The van der Waals surface area contributed by atoms with Crippen molar-refractivity contribution in [2.45, 2.75) is 56.5 Å². The van der Waals surface area contributed by atoms with Crippen molar-refractivity contribution in [3.8, 4) is 0 Å². The first-order valence-corrected chi connectivity index (χ1v) is 8.93. The lowest BCUT2D eigenvalue weighted by Crippen LogP contribution is -2.49. The van der Waals surface area contributed by atoms with E-state index in [2.05, 4.69) is 5.32 Å². The van der Waals surface area contributed by atoms with E-state index < -0.39 is 0 Å². The van der Waals surface area contributed by atoms with Crippen molar-refractivity contribution >= 4 is 5.91 Å². The van der Waals surface area contributed by atoms with Crippen LogP contribution in [0.4, 0.5) is 4.39 Å². The summed E-state index contributed by atoms with van der Waals surface area (Å²) < 4.78 is 13.3. The molecule has 0 spiro atoms. The molecule has 0 heterocycles. The van der Waals surface area contributed by atoms with Crippen molar-refractivity contribution < 1.29 is 9.18 Å². The molecule has 1 aromatic rings. The molecule has 23 heavy (non-hydrogen) atoms. The average Bonchev–Trinajstić information content (AvgIpc) is 3.26. The summed E-state index contributed by atoms with van der Waals surface area (Å²) in [5, 5.41) is 3.19. The summed E-state index contributed by atoms with van der Waals surface area (Å²) in [7, 11) is 0. The van der Waals surface area contributed by atoms with Crippen molar-refractivity contribution in [1.29, 1.82) is 0 Å². The first kappa shape index (κ1) is 15.1. The monoisotopic (exact) mass is 316 g/mol. The Bertz CT molecular complexity index is 591. The third-order valence-electron chi connectivity index (χ3n) is 6.18. The third-order valence-corrected chi connectivity index (χ3v) is 6.18. The zero-order valence-corrected chi connectivity index (χ0v) is 13.4. The number of nitrogens with two attached hydrogens (primary N) is 1.